The molecule has 1 rings (SSSR count). The van der Waals surface area contributed by atoms with Gasteiger partial charge >= 0.3 is 0 Å². The summed E-state index contributed by atoms with van der Waals surface area (Å²) in [4.78, 5) is 26.3. The van der Waals surface area contributed by atoms with Gasteiger partial charge in [0.15, 0.2) is 0 Å². The average Bonchev–Trinajstić information content (AvgIpc) is 2.75. The lowest BCUT2D eigenvalue weighted by Gasteiger charge is -2.30. The Morgan fingerprint density at radius 1 is 0.824 bits per heavy atom. The molecule has 2 amide bonds. The summed E-state index contributed by atoms with van der Waals surface area (Å²) >= 11 is 0. The van der Waals surface area contributed by atoms with Gasteiger partial charge in [-0.1, -0.05) is 66.9 Å². The van der Waals surface area contributed by atoms with Crippen LogP contribution >= 0.6 is 0 Å². The highest BCUT2D eigenvalue weighted by Crippen LogP contribution is 2.31. The van der Waals surface area contributed by atoms with E-state index in [1.807, 2.05) is 41.5 Å². The Bertz CT molecular complexity index is 796. The van der Waals surface area contributed by atoms with E-state index in [2.05, 4.69) is 23.8 Å². The first-order valence-electron chi connectivity index (χ1n) is 11.3. The summed E-state index contributed by atoms with van der Waals surface area (Å²) in [5.41, 5.74) is -0.480. The molecule has 0 fully saturated rings. The quantitative estimate of drug-likeness (QED) is 0.345. The van der Waals surface area contributed by atoms with Gasteiger partial charge in [0.2, 0.25) is 0 Å². The molecule has 8 nitrogen and oxygen atoms in total. The molecule has 0 heterocycles. The third kappa shape index (κ3) is 8.18. The monoisotopic (exact) mass is 476 g/mol. The molecule has 0 saturated heterocycles. The maximum atomic E-state index is 13.2. The predicted octanol–water partition coefficient (Wildman–Crippen LogP) is 3.09. The fourth-order valence-corrected chi connectivity index (χ4v) is 3.00. The molecule has 190 valence electrons. The van der Waals surface area contributed by atoms with Gasteiger partial charge < -0.3 is 30.3 Å². The zero-order chi connectivity index (χ0) is 26.1. The highest BCUT2D eigenvalue weighted by molar-refractivity contribution is 6.02. The van der Waals surface area contributed by atoms with Crippen molar-refractivity contribution < 1.29 is 29.3 Å². The molecule has 0 aliphatic carbocycles. The zero-order valence-corrected chi connectivity index (χ0v) is 21.2. The van der Waals surface area contributed by atoms with E-state index in [-0.39, 0.29) is 59.9 Å². The molecule has 0 unspecified atom stereocenters. The lowest BCUT2D eigenvalue weighted by molar-refractivity contribution is 0.0833. The molecule has 0 saturated carbocycles. The molecule has 0 aliphatic rings. The topological polar surface area (TPSA) is 117 Å². The van der Waals surface area contributed by atoms with Crippen LogP contribution < -0.4 is 20.1 Å². The number of amides is 2. The number of aliphatic hydroxyl groups is 2. The highest BCUT2D eigenvalue weighted by atomic mass is 16.5. The number of aliphatic hydroxyl groups excluding tert-OH is 2. The first kappa shape index (κ1) is 29.2. The van der Waals surface area contributed by atoms with Crippen molar-refractivity contribution in [1.29, 1.82) is 0 Å². The lowest BCUT2D eigenvalue weighted by atomic mass is 9.87. The summed E-state index contributed by atoms with van der Waals surface area (Å²) in [6.45, 7) is 18.4. The number of rotatable bonds is 12. The molecule has 0 aliphatic heterocycles. The van der Waals surface area contributed by atoms with Gasteiger partial charge in [0.1, 0.15) is 24.7 Å². The maximum Gasteiger partial charge on any atom is 0.255 e. The van der Waals surface area contributed by atoms with Crippen LogP contribution in [0.15, 0.2) is 37.4 Å². The second-order valence-corrected chi connectivity index (χ2v) is 10.2. The van der Waals surface area contributed by atoms with Crippen LogP contribution in [-0.4, -0.2) is 60.5 Å². The minimum Gasteiger partial charge on any atom is -0.489 e. The number of carbonyl (C=O) groups is 2. The van der Waals surface area contributed by atoms with E-state index in [1.165, 1.54) is 24.3 Å². The fourth-order valence-electron chi connectivity index (χ4n) is 3.00. The van der Waals surface area contributed by atoms with Gasteiger partial charge in [0, 0.05) is 0 Å². The minimum absolute atomic E-state index is 0.109. The lowest BCUT2D eigenvalue weighted by Crippen LogP contribution is -2.46. The van der Waals surface area contributed by atoms with Gasteiger partial charge in [0.25, 0.3) is 11.8 Å². The molecule has 2 atom stereocenters. The molecule has 1 aromatic carbocycles. The average molecular weight is 477 g/mol. The van der Waals surface area contributed by atoms with Crippen molar-refractivity contribution in [3.63, 3.8) is 0 Å². The van der Waals surface area contributed by atoms with E-state index in [1.54, 1.807) is 0 Å². The second-order valence-electron chi connectivity index (χ2n) is 10.2. The second kappa shape index (κ2) is 12.6. The summed E-state index contributed by atoms with van der Waals surface area (Å²) < 4.78 is 11.4. The van der Waals surface area contributed by atoms with E-state index < -0.39 is 23.9 Å². The van der Waals surface area contributed by atoms with Crippen molar-refractivity contribution >= 4 is 11.8 Å². The molecule has 0 radical (unpaired) electrons. The highest BCUT2D eigenvalue weighted by Gasteiger charge is 2.30. The van der Waals surface area contributed by atoms with Crippen LogP contribution in [0.3, 0.4) is 0 Å². The van der Waals surface area contributed by atoms with Crippen molar-refractivity contribution in [2.45, 2.75) is 53.6 Å². The molecule has 1 aromatic rings. The molecule has 8 heteroatoms. The Labute approximate surface area is 203 Å². The molecular weight excluding hydrogens is 436 g/mol. The minimum atomic E-state index is -0.509. The summed E-state index contributed by atoms with van der Waals surface area (Å²) in [6, 6.07) is 1.86. The third-order valence-corrected chi connectivity index (χ3v) is 5.35. The summed E-state index contributed by atoms with van der Waals surface area (Å²) in [7, 11) is 0. The van der Waals surface area contributed by atoms with Crippen molar-refractivity contribution in [2.24, 2.45) is 10.8 Å². The van der Waals surface area contributed by atoms with Crippen LogP contribution in [0.25, 0.3) is 0 Å². The van der Waals surface area contributed by atoms with Crippen molar-refractivity contribution in [3.8, 4) is 11.5 Å². The maximum absolute atomic E-state index is 13.2. The Morgan fingerprint density at radius 3 is 1.38 bits per heavy atom. The molecule has 0 spiro atoms. The smallest absolute Gasteiger partial charge is 0.255 e. The van der Waals surface area contributed by atoms with Crippen molar-refractivity contribution in [1.82, 2.24) is 10.6 Å². The first-order chi connectivity index (χ1) is 15.8. The molecule has 34 heavy (non-hydrogen) atoms. The van der Waals surface area contributed by atoms with E-state index >= 15 is 0 Å². The first-order valence-corrected chi connectivity index (χ1v) is 11.3. The van der Waals surface area contributed by atoms with Gasteiger partial charge in [-0.15, -0.1) is 0 Å². The number of nitrogens with one attached hydrogen (secondary N) is 2. The number of carbonyl (C=O) groups excluding carboxylic acids is 2. The van der Waals surface area contributed by atoms with Crippen LogP contribution in [0.5, 0.6) is 11.5 Å². The van der Waals surface area contributed by atoms with Crippen molar-refractivity contribution in [3.05, 3.63) is 48.6 Å². The Morgan fingerprint density at radius 2 is 1.15 bits per heavy atom. The van der Waals surface area contributed by atoms with E-state index in [4.69, 9.17) is 9.47 Å². The Hall–Kier alpha value is -2.84. The summed E-state index contributed by atoms with van der Waals surface area (Å²) in [6.07, 6.45) is 3.05. The van der Waals surface area contributed by atoms with E-state index in [0.717, 1.165) is 0 Å². The number of hydrogen-bond donors (Lipinski definition) is 4. The van der Waals surface area contributed by atoms with Gasteiger partial charge in [0.05, 0.1) is 36.4 Å². The number of hydrogen-bond acceptors (Lipinski definition) is 6. The molecular formula is C26H40N2O6. The molecule has 4 N–H and O–H groups in total. The van der Waals surface area contributed by atoms with Crippen LogP contribution in [0.4, 0.5) is 0 Å². The van der Waals surface area contributed by atoms with E-state index in [0.29, 0.717) is 0 Å². The normalized spacial score (nSPS) is 13.4. The predicted molar refractivity (Wildman–Crippen MR) is 133 cm³/mol. The zero-order valence-electron chi connectivity index (χ0n) is 21.2. The van der Waals surface area contributed by atoms with Crippen LogP contribution in [0.2, 0.25) is 0 Å². The number of benzene rings is 1. The van der Waals surface area contributed by atoms with Crippen LogP contribution in [-0.2, 0) is 0 Å². The number of ether oxygens (including phenoxy) is 2. The molecule has 0 bridgehead atoms. The standard InChI is InChI=1S/C26H40N2O6/c1-9-11-33-19-13-18(24(32)28-22(16-30)26(6,7)8)20(34-12-10-2)14-17(19)23(31)27-21(15-29)25(3,4)5/h9-10,13-14,21-22,29-30H,1-2,11-12,15-16H2,3-8H3,(H,27,31)(H,28,32)/t21-,22-/m1/s1. The van der Waals surface area contributed by atoms with Gasteiger partial charge in [-0.3, -0.25) is 9.59 Å². The van der Waals surface area contributed by atoms with Crippen LogP contribution in [0.1, 0.15) is 62.3 Å². The summed E-state index contributed by atoms with van der Waals surface area (Å²) in [5, 5.41) is 25.2. The Balaban J connectivity index is 3.53. The van der Waals surface area contributed by atoms with Crippen LogP contribution in [0, 0.1) is 10.8 Å². The SMILES string of the molecule is C=CCOc1cc(C(=O)N[C@H](CO)C(C)(C)C)c(OCC=C)cc1C(=O)N[C@H](CO)C(C)(C)C. The van der Waals surface area contributed by atoms with E-state index in [9.17, 15) is 19.8 Å². The fraction of sp³-hybridized carbons (Fsp3) is 0.538. The largest absolute Gasteiger partial charge is 0.489 e. The summed E-state index contributed by atoms with van der Waals surface area (Å²) in [5.74, 6) is -0.636. The van der Waals surface area contributed by atoms with Gasteiger partial charge in [-0.25, -0.2) is 0 Å². The molecule has 0 aromatic heterocycles. The van der Waals surface area contributed by atoms with Crippen molar-refractivity contribution in [2.75, 3.05) is 26.4 Å². The third-order valence-electron chi connectivity index (χ3n) is 5.35. The Kier molecular flexibility index (Phi) is 10.8. The van der Waals surface area contributed by atoms with Gasteiger partial charge in [-0.05, 0) is 23.0 Å². The van der Waals surface area contributed by atoms with Gasteiger partial charge in [-0.2, -0.15) is 0 Å².